The van der Waals surface area contributed by atoms with E-state index in [4.69, 9.17) is 0 Å². The van der Waals surface area contributed by atoms with Gasteiger partial charge in [0.05, 0.1) is 0 Å². The second kappa shape index (κ2) is 5.12. The molecule has 0 unspecified atom stereocenters. The van der Waals surface area contributed by atoms with Gasteiger partial charge in [0.2, 0.25) is 0 Å². The molecule has 4 rings (SSSR count). The summed E-state index contributed by atoms with van der Waals surface area (Å²) in [5.74, 6) is 3.48. The van der Waals surface area contributed by atoms with Crippen molar-refractivity contribution >= 4 is 5.78 Å². The van der Waals surface area contributed by atoms with Crippen molar-refractivity contribution in [2.75, 3.05) is 0 Å². The van der Waals surface area contributed by atoms with Gasteiger partial charge in [0.1, 0.15) is 5.78 Å². The van der Waals surface area contributed by atoms with Crippen molar-refractivity contribution in [3.8, 4) is 0 Å². The summed E-state index contributed by atoms with van der Waals surface area (Å²) in [5, 5.41) is 0. The van der Waals surface area contributed by atoms with Crippen molar-refractivity contribution in [1.29, 1.82) is 0 Å². The molecule has 4 aliphatic rings. The molecular formula is C18H29NO. The molecule has 0 N–H and O–H groups in total. The molecule has 4 fully saturated rings. The Hall–Kier alpha value is -0.370. The Morgan fingerprint density at radius 2 is 1.45 bits per heavy atom. The highest BCUT2D eigenvalue weighted by Gasteiger charge is 2.44. The molecular weight excluding hydrogens is 246 g/mol. The summed E-state index contributed by atoms with van der Waals surface area (Å²) in [6, 6.07) is 2.03. The van der Waals surface area contributed by atoms with Gasteiger partial charge in [0.15, 0.2) is 0 Å². The second-order valence-corrected chi connectivity index (χ2v) is 8.30. The van der Waals surface area contributed by atoms with E-state index in [-0.39, 0.29) is 0 Å². The highest BCUT2D eigenvalue weighted by atomic mass is 16.1. The van der Waals surface area contributed by atoms with Crippen molar-refractivity contribution in [3.05, 3.63) is 0 Å². The van der Waals surface area contributed by atoms with Gasteiger partial charge in [-0.2, -0.15) is 0 Å². The summed E-state index contributed by atoms with van der Waals surface area (Å²) >= 11 is 0. The molecule has 0 spiro atoms. The second-order valence-electron chi connectivity index (χ2n) is 8.30. The highest BCUT2D eigenvalue weighted by Crippen LogP contribution is 2.46. The molecule has 2 saturated heterocycles. The zero-order valence-corrected chi connectivity index (χ0v) is 12.9. The number of Topliss-reactive ketones (excluding diaryl/α,β-unsaturated/α-hetero) is 1. The summed E-state index contributed by atoms with van der Waals surface area (Å²) in [7, 11) is 0. The third-order valence-corrected chi connectivity index (χ3v) is 6.62. The van der Waals surface area contributed by atoms with Gasteiger partial charge in [-0.1, -0.05) is 13.3 Å². The van der Waals surface area contributed by atoms with Gasteiger partial charge in [-0.3, -0.25) is 9.69 Å². The standard InChI is InChI=1S/C18H29NO/c1-12-5-13-7-14(6-12)9-17(8-13)19-15-3-2-4-16(19)11-18(20)10-15/h12-17H,2-11H2,1H3/t12-,13+,14-,15-,16+,17-. The van der Waals surface area contributed by atoms with E-state index >= 15 is 0 Å². The molecule has 0 aromatic rings. The Morgan fingerprint density at radius 1 is 0.850 bits per heavy atom. The van der Waals surface area contributed by atoms with Crippen LogP contribution < -0.4 is 0 Å². The monoisotopic (exact) mass is 275 g/mol. The number of hydrogen-bond donors (Lipinski definition) is 0. The number of piperidine rings is 2. The quantitative estimate of drug-likeness (QED) is 0.725. The molecule has 2 heteroatoms. The molecule has 112 valence electrons. The third kappa shape index (κ3) is 2.34. The van der Waals surface area contributed by atoms with E-state index in [0.717, 1.165) is 36.6 Å². The molecule has 2 aliphatic carbocycles. The van der Waals surface area contributed by atoms with E-state index in [1.54, 1.807) is 0 Å². The third-order valence-electron chi connectivity index (χ3n) is 6.62. The molecule has 20 heavy (non-hydrogen) atoms. The predicted octanol–water partition coefficient (Wildman–Crippen LogP) is 3.79. The first-order chi connectivity index (χ1) is 9.69. The first-order valence-electron chi connectivity index (χ1n) is 8.98. The van der Waals surface area contributed by atoms with E-state index < -0.39 is 0 Å². The van der Waals surface area contributed by atoms with Crippen molar-refractivity contribution in [3.63, 3.8) is 0 Å². The fraction of sp³-hybridized carbons (Fsp3) is 0.944. The minimum atomic E-state index is 0.542. The van der Waals surface area contributed by atoms with Gasteiger partial charge in [-0.05, 0) is 62.7 Å². The average Bonchev–Trinajstić information content (AvgIpc) is 2.35. The molecule has 4 bridgehead atoms. The number of carbonyl (C=O) groups is 1. The highest BCUT2D eigenvalue weighted by molar-refractivity contribution is 5.80. The van der Waals surface area contributed by atoms with Gasteiger partial charge < -0.3 is 0 Å². The topological polar surface area (TPSA) is 20.3 Å². The number of hydrogen-bond acceptors (Lipinski definition) is 2. The summed E-state index contributed by atoms with van der Waals surface area (Å²) < 4.78 is 0. The number of nitrogens with zero attached hydrogens (tertiary/aromatic N) is 1. The molecule has 2 nitrogen and oxygen atoms in total. The SMILES string of the molecule is C[C@H]1C[C@@H]2C[C@H](C1)C[C@@H](N1[C@@H]3CCC[C@H]1CC(=O)C3)C2. The molecule has 0 amide bonds. The molecule has 0 aromatic heterocycles. The summed E-state index contributed by atoms with van der Waals surface area (Å²) in [5.41, 5.74) is 0. The van der Waals surface area contributed by atoms with Crippen molar-refractivity contribution in [2.45, 2.75) is 89.3 Å². The summed E-state index contributed by atoms with van der Waals surface area (Å²) in [6.07, 6.45) is 12.9. The fourth-order valence-electron chi connectivity index (χ4n) is 6.20. The molecule has 2 aliphatic heterocycles. The maximum Gasteiger partial charge on any atom is 0.136 e. The maximum absolute atomic E-state index is 11.9. The zero-order chi connectivity index (χ0) is 13.7. The van der Waals surface area contributed by atoms with Crippen molar-refractivity contribution in [2.24, 2.45) is 17.8 Å². The minimum Gasteiger partial charge on any atom is -0.300 e. The Bertz CT molecular complexity index is 359. The van der Waals surface area contributed by atoms with Crippen molar-refractivity contribution < 1.29 is 4.79 Å². The normalized spacial score (nSPS) is 49.1. The minimum absolute atomic E-state index is 0.542. The Kier molecular flexibility index (Phi) is 3.41. The van der Waals surface area contributed by atoms with Gasteiger partial charge >= 0.3 is 0 Å². The van der Waals surface area contributed by atoms with Crippen LogP contribution in [0.5, 0.6) is 0 Å². The van der Waals surface area contributed by atoms with Crippen LogP contribution in [-0.4, -0.2) is 28.8 Å². The lowest BCUT2D eigenvalue weighted by atomic mass is 9.65. The molecule has 0 aromatic carbocycles. The Balaban J connectivity index is 1.51. The number of rotatable bonds is 1. The largest absolute Gasteiger partial charge is 0.300 e. The lowest BCUT2D eigenvalue weighted by Gasteiger charge is -2.53. The van der Waals surface area contributed by atoms with Gasteiger partial charge in [0, 0.05) is 31.0 Å². The molecule has 2 saturated carbocycles. The lowest BCUT2D eigenvalue weighted by molar-refractivity contribution is -0.130. The Morgan fingerprint density at radius 3 is 2.05 bits per heavy atom. The van der Waals surface area contributed by atoms with Crippen LogP contribution in [0.1, 0.15) is 71.1 Å². The van der Waals surface area contributed by atoms with Gasteiger partial charge in [-0.25, -0.2) is 0 Å². The average molecular weight is 275 g/mol. The molecule has 2 heterocycles. The van der Waals surface area contributed by atoms with Crippen LogP contribution in [0.3, 0.4) is 0 Å². The maximum atomic E-state index is 11.9. The van der Waals surface area contributed by atoms with Crippen molar-refractivity contribution in [1.82, 2.24) is 4.90 Å². The first-order valence-corrected chi connectivity index (χ1v) is 8.98. The molecule has 0 radical (unpaired) electrons. The number of carbonyl (C=O) groups excluding carboxylic acids is 1. The number of fused-ring (bicyclic) bond motifs is 4. The number of ketones is 1. The summed E-state index contributed by atoms with van der Waals surface area (Å²) in [4.78, 5) is 14.8. The predicted molar refractivity (Wildman–Crippen MR) is 80.5 cm³/mol. The first kappa shape index (κ1) is 13.3. The molecule has 6 atom stereocenters. The van der Waals surface area contributed by atoms with Crippen LogP contribution in [0.25, 0.3) is 0 Å². The lowest BCUT2D eigenvalue weighted by Crippen LogP contribution is -2.58. The summed E-state index contributed by atoms with van der Waals surface area (Å²) in [6.45, 7) is 2.45. The van der Waals surface area contributed by atoms with Crippen LogP contribution in [-0.2, 0) is 4.79 Å². The fourth-order valence-corrected chi connectivity index (χ4v) is 6.20. The van der Waals surface area contributed by atoms with E-state index in [2.05, 4.69) is 11.8 Å². The van der Waals surface area contributed by atoms with Crippen LogP contribution in [0.4, 0.5) is 0 Å². The Labute approximate surface area is 123 Å². The smallest absolute Gasteiger partial charge is 0.136 e. The zero-order valence-electron chi connectivity index (χ0n) is 12.9. The van der Waals surface area contributed by atoms with Crippen LogP contribution in [0.2, 0.25) is 0 Å². The van der Waals surface area contributed by atoms with E-state index in [1.807, 2.05) is 0 Å². The van der Waals surface area contributed by atoms with Crippen LogP contribution in [0.15, 0.2) is 0 Å². The van der Waals surface area contributed by atoms with E-state index in [9.17, 15) is 4.79 Å². The van der Waals surface area contributed by atoms with Crippen LogP contribution >= 0.6 is 0 Å². The van der Waals surface area contributed by atoms with Crippen LogP contribution in [0, 0.1) is 17.8 Å². The van der Waals surface area contributed by atoms with Gasteiger partial charge in [-0.15, -0.1) is 0 Å². The van der Waals surface area contributed by atoms with E-state index in [1.165, 1.54) is 51.4 Å². The van der Waals surface area contributed by atoms with Gasteiger partial charge in [0.25, 0.3) is 0 Å². The van der Waals surface area contributed by atoms with E-state index in [0.29, 0.717) is 17.9 Å².